The number of anilines is 1. The first-order valence-corrected chi connectivity index (χ1v) is 5.71. The van der Waals surface area contributed by atoms with Gasteiger partial charge in [-0.1, -0.05) is 6.07 Å². The molecule has 0 atom stereocenters. The molecule has 0 amide bonds. The molecule has 1 aromatic carbocycles. The summed E-state index contributed by atoms with van der Waals surface area (Å²) in [5, 5.41) is 3.00. The first-order valence-electron chi connectivity index (χ1n) is 5.71. The van der Waals surface area contributed by atoms with Crippen LogP contribution in [0.25, 0.3) is 0 Å². The Kier molecular flexibility index (Phi) is 3.77. The summed E-state index contributed by atoms with van der Waals surface area (Å²) in [4.78, 5) is 4.19. The number of nitrogens with zero attached hydrogens (tertiary/aromatic N) is 1. The first kappa shape index (κ1) is 12.4. The average molecular weight is 246 g/mol. The molecule has 0 bridgehead atoms. The van der Waals surface area contributed by atoms with Gasteiger partial charge in [0.25, 0.3) is 0 Å². The van der Waals surface area contributed by atoms with Crippen LogP contribution in [0.3, 0.4) is 0 Å². The molecular weight excluding hydrogens is 231 g/mol. The highest BCUT2D eigenvalue weighted by Crippen LogP contribution is 2.21. The Morgan fingerprint density at radius 2 is 2.17 bits per heavy atom. The Balaban J connectivity index is 2.11. The summed E-state index contributed by atoms with van der Waals surface area (Å²) in [6, 6.07) is 8.29. The second-order valence-electron chi connectivity index (χ2n) is 3.96. The van der Waals surface area contributed by atoms with Crippen LogP contribution in [0.15, 0.2) is 36.5 Å². The van der Waals surface area contributed by atoms with Crippen LogP contribution in [-0.4, -0.2) is 12.0 Å². The zero-order valence-corrected chi connectivity index (χ0v) is 10.4. The van der Waals surface area contributed by atoms with Gasteiger partial charge < -0.3 is 10.1 Å². The molecule has 0 aliphatic heterocycles. The van der Waals surface area contributed by atoms with E-state index in [1.54, 1.807) is 12.3 Å². The number of aryl methyl sites for hydroxylation is 1. The zero-order chi connectivity index (χ0) is 13.0. The predicted octanol–water partition coefficient (Wildman–Crippen LogP) is 3.15. The van der Waals surface area contributed by atoms with Crippen LogP contribution in [0.2, 0.25) is 0 Å². The number of pyridine rings is 1. The Labute approximate surface area is 106 Å². The lowest BCUT2D eigenvalue weighted by atomic mass is 10.2. The number of hydrogen-bond acceptors (Lipinski definition) is 3. The SMILES string of the molecule is CNc1ncccc1COc1ccc(F)cc1C. The molecule has 0 aliphatic rings. The van der Waals surface area contributed by atoms with Crippen molar-refractivity contribution in [3.8, 4) is 5.75 Å². The monoisotopic (exact) mass is 246 g/mol. The molecule has 0 radical (unpaired) electrons. The summed E-state index contributed by atoms with van der Waals surface area (Å²) >= 11 is 0. The highest BCUT2D eigenvalue weighted by atomic mass is 19.1. The topological polar surface area (TPSA) is 34.2 Å². The van der Waals surface area contributed by atoms with Gasteiger partial charge in [0.05, 0.1) is 0 Å². The summed E-state index contributed by atoms with van der Waals surface area (Å²) in [5.74, 6) is 1.22. The van der Waals surface area contributed by atoms with Crippen molar-refractivity contribution in [1.29, 1.82) is 0 Å². The first-order chi connectivity index (χ1) is 8.70. The molecule has 0 saturated heterocycles. The van der Waals surface area contributed by atoms with Crippen LogP contribution < -0.4 is 10.1 Å². The maximum atomic E-state index is 13.0. The van der Waals surface area contributed by atoms with E-state index >= 15 is 0 Å². The van der Waals surface area contributed by atoms with E-state index in [1.165, 1.54) is 12.1 Å². The van der Waals surface area contributed by atoms with Crippen molar-refractivity contribution < 1.29 is 9.13 Å². The van der Waals surface area contributed by atoms with Crippen molar-refractivity contribution in [2.45, 2.75) is 13.5 Å². The van der Waals surface area contributed by atoms with Gasteiger partial charge in [0.1, 0.15) is 24.0 Å². The van der Waals surface area contributed by atoms with E-state index in [-0.39, 0.29) is 5.82 Å². The summed E-state index contributed by atoms with van der Waals surface area (Å²) in [7, 11) is 1.81. The van der Waals surface area contributed by atoms with Gasteiger partial charge in [-0.15, -0.1) is 0 Å². The van der Waals surface area contributed by atoms with Crippen LogP contribution in [-0.2, 0) is 6.61 Å². The molecule has 0 saturated carbocycles. The number of rotatable bonds is 4. The fourth-order valence-corrected chi connectivity index (χ4v) is 1.71. The minimum atomic E-state index is -0.253. The molecule has 2 rings (SSSR count). The number of benzene rings is 1. The Morgan fingerprint density at radius 1 is 1.33 bits per heavy atom. The summed E-state index contributed by atoms with van der Waals surface area (Å²) in [6.07, 6.45) is 1.72. The van der Waals surface area contributed by atoms with Crippen molar-refractivity contribution in [3.05, 3.63) is 53.5 Å². The number of halogens is 1. The Hall–Kier alpha value is -2.10. The molecule has 94 valence electrons. The molecule has 1 aromatic heterocycles. The maximum absolute atomic E-state index is 13.0. The number of hydrogen-bond donors (Lipinski definition) is 1. The van der Waals surface area contributed by atoms with E-state index in [9.17, 15) is 4.39 Å². The van der Waals surface area contributed by atoms with Gasteiger partial charge in [-0.25, -0.2) is 9.37 Å². The van der Waals surface area contributed by atoms with Gasteiger partial charge in [0, 0.05) is 18.8 Å². The molecule has 1 heterocycles. The van der Waals surface area contributed by atoms with Gasteiger partial charge >= 0.3 is 0 Å². The second kappa shape index (κ2) is 5.49. The predicted molar refractivity (Wildman–Crippen MR) is 69.3 cm³/mol. The van der Waals surface area contributed by atoms with Crippen LogP contribution in [0, 0.1) is 12.7 Å². The van der Waals surface area contributed by atoms with Crippen LogP contribution >= 0.6 is 0 Å². The van der Waals surface area contributed by atoms with Gasteiger partial charge in [-0.2, -0.15) is 0 Å². The average Bonchev–Trinajstić information content (AvgIpc) is 2.38. The minimum Gasteiger partial charge on any atom is -0.488 e. The molecular formula is C14H15FN2O. The molecule has 3 nitrogen and oxygen atoms in total. The highest BCUT2D eigenvalue weighted by Gasteiger charge is 2.05. The van der Waals surface area contributed by atoms with E-state index in [4.69, 9.17) is 4.74 Å². The van der Waals surface area contributed by atoms with Crippen LogP contribution in [0.5, 0.6) is 5.75 Å². The zero-order valence-electron chi connectivity index (χ0n) is 10.4. The fourth-order valence-electron chi connectivity index (χ4n) is 1.71. The van der Waals surface area contributed by atoms with E-state index in [0.29, 0.717) is 12.4 Å². The Bertz CT molecular complexity index is 543. The standard InChI is InChI=1S/C14H15FN2O/c1-10-8-12(15)5-6-13(10)18-9-11-4-3-7-17-14(11)16-2/h3-8H,9H2,1-2H3,(H,16,17). The number of aromatic nitrogens is 1. The molecule has 18 heavy (non-hydrogen) atoms. The van der Waals surface area contributed by atoms with E-state index in [1.807, 2.05) is 26.1 Å². The van der Waals surface area contributed by atoms with Crippen molar-refractivity contribution in [2.75, 3.05) is 12.4 Å². The number of ether oxygens (including phenoxy) is 1. The third-order valence-electron chi connectivity index (χ3n) is 2.65. The van der Waals surface area contributed by atoms with Gasteiger partial charge in [-0.05, 0) is 36.8 Å². The normalized spacial score (nSPS) is 10.2. The van der Waals surface area contributed by atoms with Crippen molar-refractivity contribution >= 4 is 5.82 Å². The van der Waals surface area contributed by atoms with Crippen LogP contribution in [0.4, 0.5) is 10.2 Å². The third-order valence-corrected chi connectivity index (χ3v) is 2.65. The fraction of sp³-hybridized carbons (Fsp3) is 0.214. The third kappa shape index (κ3) is 2.77. The summed E-state index contributed by atoms with van der Waals surface area (Å²) in [5.41, 5.74) is 1.74. The molecule has 1 N–H and O–H groups in total. The smallest absolute Gasteiger partial charge is 0.132 e. The lowest BCUT2D eigenvalue weighted by Gasteiger charge is -2.11. The van der Waals surface area contributed by atoms with Gasteiger partial charge in [0.15, 0.2) is 0 Å². The summed E-state index contributed by atoms with van der Waals surface area (Å²) in [6.45, 7) is 2.22. The lowest BCUT2D eigenvalue weighted by Crippen LogP contribution is -2.03. The molecule has 2 aromatic rings. The Morgan fingerprint density at radius 3 is 2.89 bits per heavy atom. The lowest BCUT2D eigenvalue weighted by molar-refractivity contribution is 0.304. The molecule has 0 unspecified atom stereocenters. The summed E-state index contributed by atoms with van der Waals surface area (Å²) < 4.78 is 18.6. The highest BCUT2D eigenvalue weighted by molar-refractivity contribution is 5.43. The molecule has 4 heteroatoms. The van der Waals surface area contributed by atoms with E-state index in [2.05, 4.69) is 10.3 Å². The quantitative estimate of drug-likeness (QED) is 0.899. The van der Waals surface area contributed by atoms with Gasteiger partial charge in [-0.3, -0.25) is 0 Å². The van der Waals surface area contributed by atoms with Crippen LogP contribution in [0.1, 0.15) is 11.1 Å². The van der Waals surface area contributed by atoms with E-state index in [0.717, 1.165) is 16.9 Å². The van der Waals surface area contributed by atoms with E-state index < -0.39 is 0 Å². The van der Waals surface area contributed by atoms with Crippen molar-refractivity contribution in [2.24, 2.45) is 0 Å². The largest absolute Gasteiger partial charge is 0.488 e. The second-order valence-corrected chi connectivity index (χ2v) is 3.96. The number of nitrogens with one attached hydrogen (secondary N) is 1. The molecule has 0 spiro atoms. The maximum Gasteiger partial charge on any atom is 0.132 e. The van der Waals surface area contributed by atoms with Crippen molar-refractivity contribution in [3.63, 3.8) is 0 Å². The molecule has 0 aliphatic carbocycles. The molecule has 0 fully saturated rings. The van der Waals surface area contributed by atoms with Crippen molar-refractivity contribution in [1.82, 2.24) is 4.98 Å². The minimum absolute atomic E-state index is 0.253. The van der Waals surface area contributed by atoms with Gasteiger partial charge in [0.2, 0.25) is 0 Å².